The van der Waals surface area contributed by atoms with Crippen LogP contribution in [-0.4, -0.2) is 42.5 Å². The van der Waals surface area contributed by atoms with E-state index in [1.807, 2.05) is 0 Å². The number of hydrogen-bond donors (Lipinski definition) is 2. The van der Waals surface area contributed by atoms with E-state index in [4.69, 9.17) is 32.7 Å². The molecule has 2 aromatic rings. The van der Waals surface area contributed by atoms with Gasteiger partial charge in [-0.2, -0.15) is 0 Å². The minimum atomic E-state index is -0.710. The Labute approximate surface area is 212 Å². The van der Waals surface area contributed by atoms with E-state index in [1.54, 1.807) is 25.1 Å². The van der Waals surface area contributed by atoms with Crippen LogP contribution in [0.2, 0.25) is 10.0 Å². The minimum Gasteiger partial charge on any atom is -0.489 e. The second-order valence-electron chi connectivity index (χ2n) is 9.34. The Morgan fingerprint density at radius 3 is 2.50 bits per heavy atom. The number of carbonyl (C=O) groups excluding carboxylic acids is 1. The molecule has 0 saturated carbocycles. The van der Waals surface area contributed by atoms with Crippen molar-refractivity contribution in [2.45, 2.75) is 51.7 Å². The lowest BCUT2D eigenvalue weighted by molar-refractivity contribution is -0.137. The zero-order valence-electron chi connectivity index (χ0n) is 19.9. The van der Waals surface area contributed by atoms with Gasteiger partial charge in [-0.05, 0) is 80.9 Å². The van der Waals surface area contributed by atoms with Gasteiger partial charge in [-0.3, -0.25) is 0 Å². The van der Waals surface area contributed by atoms with Gasteiger partial charge in [-0.1, -0.05) is 47.5 Å². The Morgan fingerprint density at radius 2 is 1.85 bits per heavy atom. The maximum Gasteiger partial charge on any atom is 0.330 e. The molecule has 0 radical (unpaired) electrons. The monoisotopic (exact) mass is 505 g/mol. The smallest absolute Gasteiger partial charge is 0.330 e. The highest BCUT2D eigenvalue weighted by molar-refractivity contribution is 6.43. The van der Waals surface area contributed by atoms with Gasteiger partial charge in [0.25, 0.3) is 0 Å². The molecular weight excluding hydrogens is 473 g/mol. The van der Waals surface area contributed by atoms with Crippen molar-refractivity contribution in [3.63, 3.8) is 0 Å². The molecule has 0 unspecified atom stereocenters. The van der Waals surface area contributed by atoms with Crippen molar-refractivity contribution in [3.05, 3.63) is 69.2 Å². The third-order valence-electron chi connectivity index (χ3n) is 5.94. The molecule has 0 fully saturated rings. The first-order valence-electron chi connectivity index (χ1n) is 11.6. The average Bonchev–Trinajstić information content (AvgIpc) is 3.19. The summed E-state index contributed by atoms with van der Waals surface area (Å²) < 4.78 is 10.6. The largest absolute Gasteiger partial charge is 0.489 e. The predicted octanol–water partition coefficient (Wildman–Crippen LogP) is 5.48. The van der Waals surface area contributed by atoms with Crippen molar-refractivity contribution < 1.29 is 19.4 Å². The van der Waals surface area contributed by atoms with Gasteiger partial charge < -0.3 is 19.9 Å². The number of fused-ring (bicyclic) bond motifs is 1. The van der Waals surface area contributed by atoms with Gasteiger partial charge in [0.2, 0.25) is 0 Å². The molecule has 0 aromatic heterocycles. The molecule has 0 spiro atoms. The number of benzene rings is 2. The fraction of sp³-hybridized carbons (Fsp3) is 0.444. The maximum atomic E-state index is 11.5. The first-order valence-corrected chi connectivity index (χ1v) is 12.4. The zero-order chi connectivity index (χ0) is 24.7. The second-order valence-corrected chi connectivity index (χ2v) is 10.1. The van der Waals surface area contributed by atoms with Gasteiger partial charge in [-0.15, -0.1) is 0 Å². The number of β-amino-alcohol motifs (C(OH)–C–C–N with tert-alkyl or cyclic N) is 1. The third kappa shape index (κ3) is 7.47. The number of carbonyl (C=O) groups is 1. The number of ether oxygens (including phenoxy) is 2. The summed E-state index contributed by atoms with van der Waals surface area (Å²) in [4.78, 5) is 11.5. The molecule has 2 N–H and O–H groups in total. The molecule has 0 aliphatic heterocycles. The highest BCUT2D eigenvalue weighted by Gasteiger charge is 2.28. The van der Waals surface area contributed by atoms with Gasteiger partial charge in [-0.25, -0.2) is 4.79 Å². The van der Waals surface area contributed by atoms with Gasteiger partial charge >= 0.3 is 5.97 Å². The lowest BCUT2D eigenvalue weighted by atomic mass is 9.88. The van der Waals surface area contributed by atoms with Crippen molar-refractivity contribution in [3.8, 4) is 5.75 Å². The molecule has 184 valence electrons. The Balaban J connectivity index is 1.46. The molecule has 2 aromatic carbocycles. The minimum absolute atomic E-state index is 0.0754. The summed E-state index contributed by atoms with van der Waals surface area (Å²) in [5, 5.41) is 14.4. The summed E-state index contributed by atoms with van der Waals surface area (Å²) in [6, 6.07) is 12.0. The van der Waals surface area contributed by atoms with Gasteiger partial charge in [0.1, 0.15) is 23.5 Å². The predicted molar refractivity (Wildman–Crippen MR) is 138 cm³/mol. The van der Waals surface area contributed by atoms with Crippen LogP contribution in [0.5, 0.6) is 5.75 Å². The summed E-state index contributed by atoms with van der Waals surface area (Å²) in [7, 11) is 0. The summed E-state index contributed by atoms with van der Waals surface area (Å²) >= 11 is 12.7. The summed E-state index contributed by atoms with van der Waals surface area (Å²) in [6.07, 6.45) is 5.37. The SMILES string of the molecule is CCOC(=O)/C=C/c1ccc(OC[C@H](O)CNC(C)(C)CC2Cc3ccccc3C2)c(Cl)c1Cl. The highest BCUT2D eigenvalue weighted by atomic mass is 35.5. The number of nitrogens with one attached hydrogen (secondary N) is 1. The lowest BCUT2D eigenvalue weighted by Crippen LogP contribution is -2.46. The molecule has 7 heteroatoms. The maximum absolute atomic E-state index is 11.5. The third-order valence-corrected chi connectivity index (χ3v) is 6.82. The van der Waals surface area contributed by atoms with E-state index in [0.29, 0.717) is 30.4 Å². The summed E-state index contributed by atoms with van der Waals surface area (Å²) in [5.41, 5.74) is 3.37. The van der Waals surface area contributed by atoms with Crippen molar-refractivity contribution >= 4 is 35.2 Å². The molecule has 1 aliphatic rings. The van der Waals surface area contributed by atoms with Crippen LogP contribution in [0.4, 0.5) is 0 Å². The van der Waals surface area contributed by atoms with Gasteiger partial charge in [0.05, 0.1) is 11.6 Å². The fourth-order valence-corrected chi connectivity index (χ4v) is 4.81. The van der Waals surface area contributed by atoms with E-state index in [1.165, 1.54) is 17.2 Å². The first kappa shape index (κ1) is 26.6. The van der Waals surface area contributed by atoms with E-state index in [9.17, 15) is 9.90 Å². The van der Waals surface area contributed by atoms with E-state index < -0.39 is 12.1 Å². The summed E-state index contributed by atoms with van der Waals surface area (Å²) in [6.45, 7) is 6.85. The molecule has 0 amide bonds. The van der Waals surface area contributed by atoms with Crippen LogP contribution >= 0.6 is 23.2 Å². The first-order chi connectivity index (χ1) is 16.2. The molecule has 5 nitrogen and oxygen atoms in total. The number of halogens is 2. The molecule has 0 saturated heterocycles. The lowest BCUT2D eigenvalue weighted by Gasteiger charge is -2.30. The van der Waals surface area contributed by atoms with E-state index in [-0.39, 0.29) is 22.2 Å². The van der Waals surface area contributed by atoms with Crippen molar-refractivity contribution in [1.82, 2.24) is 5.32 Å². The van der Waals surface area contributed by atoms with Crippen LogP contribution in [0.3, 0.4) is 0 Å². The highest BCUT2D eigenvalue weighted by Crippen LogP contribution is 2.35. The van der Waals surface area contributed by atoms with Crippen LogP contribution in [0.15, 0.2) is 42.5 Å². The van der Waals surface area contributed by atoms with E-state index in [2.05, 4.69) is 43.4 Å². The molecule has 34 heavy (non-hydrogen) atoms. The van der Waals surface area contributed by atoms with Crippen LogP contribution in [-0.2, 0) is 22.4 Å². The van der Waals surface area contributed by atoms with Crippen molar-refractivity contribution in [2.75, 3.05) is 19.8 Å². The number of aliphatic hydroxyl groups is 1. The van der Waals surface area contributed by atoms with E-state index >= 15 is 0 Å². The van der Waals surface area contributed by atoms with Crippen LogP contribution in [0, 0.1) is 5.92 Å². The number of rotatable bonds is 11. The normalized spacial score (nSPS) is 14.9. The van der Waals surface area contributed by atoms with Crippen LogP contribution < -0.4 is 10.1 Å². The molecule has 0 heterocycles. The number of aliphatic hydroxyl groups excluding tert-OH is 1. The quantitative estimate of drug-likeness (QED) is 0.312. The Hall–Kier alpha value is -2.05. The van der Waals surface area contributed by atoms with Gasteiger partial charge in [0, 0.05) is 18.2 Å². The molecular formula is C27H33Cl2NO4. The zero-order valence-corrected chi connectivity index (χ0v) is 21.5. The number of esters is 1. The van der Waals surface area contributed by atoms with Crippen LogP contribution in [0.1, 0.15) is 43.9 Å². The van der Waals surface area contributed by atoms with Crippen molar-refractivity contribution in [1.29, 1.82) is 0 Å². The fourth-order valence-electron chi connectivity index (χ4n) is 4.36. The van der Waals surface area contributed by atoms with E-state index in [0.717, 1.165) is 19.3 Å². The molecule has 1 aliphatic carbocycles. The Kier molecular flexibility index (Phi) is 9.43. The van der Waals surface area contributed by atoms with Crippen LogP contribution in [0.25, 0.3) is 6.08 Å². The van der Waals surface area contributed by atoms with Crippen molar-refractivity contribution in [2.24, 2.45) is 5.92 Å². The Bertz CT molecular complexity index is 997. The molecule has 0 bridgehead atoms. The second kappa shape index (κ2) is 12.1. The molecule has 3 rings (SSSR count). The average molecular weight is 506 g/mol. The number of hydrogen-bond acceptors (Lipinski definition) is 5. The van der Waals surface area contributed by atoms with Gasteiger partial charge in [0.15, 0.2) is 0 Å². The summed E-state index contributed by atoms with van der Waals surface area (Å²) in [5.74, 6) is 0.527. The Morgan fingerprint density at radius 1 is 1.18 bits per heavy atom. The standard InChI is InChI=1S/C27H33Cl2NO4/c1-4-33-24(32)12-10-19-9-11-23(26(29)25(19)28)34-17-22(31)16-30-27(2,3)15-18-13-20-7-5-6-8-21(20)14-18/h5-12,18,22,30-31H,4,13-17H2,1-3H3/b12-10+/t22-/m1/s1. The molecule has 1 atom stereocenters. The topological polar surface area (TPSA) is 67.8 Å².